The molecule has 3 aliphatic rings. The molecule has 1 atom stereocenters. The van der Waals surface area contributed by atoms with Gasteiger partial charge in [0.05, 0.1) is 23.1 Å². The predicted octanol–water partition coefficient (Wildman–Crippen LogP) is 5.49. The first-order chi connectivity index (χ1) is 20.7. The second kappa shape index (κ2) is 12.2. The molecule has 0 aromatic carbocycles. The average molecular weight is 595 g/mol. The number of aromatic nitrogens is 4. The van der Waals surface area contributed by atoms with Gasteiger partial charge in [-0.1, -0.05) is 0 Å². The van der Waals surface area contributed by atoms with Gasteiger partial charge in [0.25, 0.3) is 0 Å². The van der Waals surface area contributed by atoms with Crippen molar-refractivity contribution in [2.24, 2.45) is 17.8 Å². The van der Waals surface area contributed by atoms with E-state index in [1.54, 1.807) is 24.8 Å². The summed E-state index contributed by atoms with van der Waals surface area (Å²) < 4.78 is 39.3. The van der Waals surface area contributed by atoms with Gasteiger partial charge in [-0.15, -0.1) is 0 Å². The standard InChI is InChI=1S/C32H37F3N6O2/c33-32(34,35)26-5-11-38-29(18-26)40-15-7-24(8-16-40)30(42)41-14-6-23(21-41)17-22-3-9-31(43,10-4-22)28-2-1-25(19-39-28)27-20-36-12-13-37-27/h1-2,5,11-13,18-20,22-24,43H,3-4,6-10,14-17,21H2. The highest BCUT2D eigenvalue weighted by molar-refractivity contribution is 5.79. The minimum Gasteiger partial charge on any atom is -0.384 e. The summed E-state index contributed by atoms with van der Waals surface area (Å²) in [4.78, 5) is 34.3. The number of likely N-dealkylation sites (tertiary alicyclic amines) is 1. The Morgan fingerprint density at radius 1 is 0.907 bits per heavy atom. The fourth-order valence-electron chi connectivity index (χ4n) is 6.99. The summed E-state index contributed by atoms with van der Waals surface area (Å²) in [5.74, 6) is 1.36. The molecule has 43 heavy (non-hydrogen) atoms. The van der Waals surface area contributed by atoms with E-state index in [1.165, 1.54) is 6.20 Å². The van der Waals surface area contributed by atoms with E-state index in [0.29, 0.717) is 62.1 Å². The molecule has 6 rings (SSSR count). The Kier molecular flexibility index (Phi) is 8.35. The van der Waals surface area contributed by atoms with Crippen molar-refractivity contribution < 1.29 is 23.1 Å². The van der Waals surface area contributed by atoms with Crippen molar-refractivity contribution in [3.05, 3.63) is 66.5 Å². The largest absolute Gasteiger partial charge is 0.416 e. The molecule has 0 bridgehead atoms. The predicted molar refractivity (Wildman–Crippen MR) is 155 cm³/mol. The van der Waals surface area contributed by atoms with Crippen LogP contribution in [0.4, 0.5) is 19.0 Å². The van der Waals surface area contributed by atoms with Crippen LogP contribution in [0.2, 0.25) is 0 Å². The maximum absolute atomic E-state index is 13.3. The number of carbonyl (C=O) groups is 1. The van der Waals surface area contributed by atoms with Crippen LogP contribution in [0.15, 0.2) is 55.2 Å². The number of hydrogen-bond donors (Lipinski definition) is 1. The van der Waals surface area contributed by atoms with Crippen LogP contribution in [0.3, 0.4) is 0 Å². The third-order valence-corrected chi connectivity index (χ3v) is 9.54. The third kappa shape index (κ3) is 6.66. The lowest BCUT2D eigenvalue weighted by Gasteiger charge is -2.36. The summed E-state index contributed by atoms with van der Waals surface area (Å²) in [6.45, 7) is 2.56. The van der Waals surface area contributed by atoms with Crippen LogP contribution in [0.5, 0.6) is 0 Å². The highest BCUT2D eigenvalue weighted by Gasteiger charge is 2.39. The van der Waals surface area contributed by atoms with Gasteiger partial charge in [-0.2, -0.15) is 13.2 Å². The Bertz CT molecular complexity index is 1390. The number of halogens is 3. The number of hydrogen-bond acceptors (Lipinski definition) is 7. The summed E-state index contributed by atoms with van der Waals surface area (Å²) in [6, 6.07) is 5.90. The Morgan fingerprint density at radius 3 is 2.37 bits per heavy atom. The molecule has 1 N–H and O–H groups in total. The maximum Gasteiger partial charge on any atom is 0.416 e. The van der Waals surface area contributed by atoms with Crippen LogP contribution in [-0.2, 0) is 16.6 Å². The first kappa shape index (κ1) is 29.5. The lowest BCUT2D eigenvalue weighted by molar-refractivity contribution is -0.137. The zero-order valence-electron chi connectivity index (χ0n) is 24.1. The second-order valence-electron chi connectivity index (χ2n) is 12.3. The molecule has 3 fully saturated rings. The van der Waals surface area contributed by atoms with Crippen molar-refractivity contribution in [1.29, 1.82) is 0 Å². The minimum atomic E-state index is -4.40. The van der Waals surface area contributed by atoms with Crippen molar-refractivity contribution in [1.82, 2.24) is 24.8 Å². The number of anilines is 1. The van der Waals surface area contributed by atoms with Gasteiger partial charge in [-0.05, 0) is 87.5 Å². The zero-order valence-corrected chi connectivity index (χ0v) is 24.1. The molecule has 3 aromatic rings. The average Bonchev–Trinajstić information content (AvgIpc) is 3.51. The first-order valence-corrected chi connectivity index (χ1v) is 15.2. The third-order valence-electron chi connectivity index (χ3n) is 9.54. The highest BCUT2D eigenvalue weighted by Crippen LogP contribution is 2.42. The second-order valence-corrected chi connectivity index (χ2v) is 12.3. The van der Waals surface area contributed by atoms with Crippen molar-refractivity contribution in [2.75, 3.05) is 31.1 Å². The van der Waals surface area contributed by atoms with Crippen molar-refractivity contribution in [2.45, 2.75) is 63.1 Å². The van der Waals surface area contributed by atoms with E-state index in [1.807, 2.05) is 21.9 Å². The fourth-order valence-corrected chi connectivity index (χ4v) is 6.99. The number of rotatable bonds is 6. The van der Waals surface area contributed by atoms with Gasteiger partial charge < -0.3 is 14.9 Å². The first-order valence-electron chi connectivity index (χ1n) is 15.2. The van der Waals surface area contributed by atoms with Crippen molar-refractivity contribution >= 4 is 11.7 Å². The minimum absolute atomic E-state index is 0.0988. The Morgan fingerprint density at radius 2 is 1.70 bits per heavy atom. The molecular weight excluding hydrogens is 557 g/mol. The molecule has 228 valence electrons. The Hall–Kier alpha value is -3.60. The number of alkyl halides is 3. The van der Waals surface area contributed by atoms with Crippen LogP contribution in [0.1, 0.15) is 62.6 Å². The van der Waals surface area contributed by atoms with E-state index in [4.69, 9.17) is 0 Å². The molecule has 5 heterocycles. The van der Waals surface area contributed by atoms with Crippen LogP contribution < -0.4 is 4.90 Å². The van der Waals surface area contributed by atoms with E-state index < -0.39 is 17.3 Å². The molecular formula is C32H37F3N6O2. The zero-order chi connectivity index (χ0) is 30.0. The number of nitrogens with zero attached hydrogens (tertiary/aromatic N) is 6. The molecule has 1 amide bonds. The molecule has 1 aliphatic carbocycles. The smallest absolute Gasteiger partial charge is 0.384 e. The molecule has 8 nitrogen and oxygen atoms in total. The van der Waals surface area contributed by atoms with E-state index in [0.717, 1.165) is 62.2 Å². The van der Waals surface area contributed by atoms with E-state index in [9.17, 15) is 23.1 Å². The van der Waals surface area contributed by atoms with Crippen molar-refractivity contribution in [3.63, 3.8) is 0 Å². The Balaban J connectivity index is 0.955. The molecule has 11 heteroatoms. The normalized spacial score (nSPS) is 25.2. The molecule has 3 aromatic heterocycles. The lowest BCUT2D eigenvalue weighted by Crippen LogP contribution is -2.42. The summed E-state index contributed by atoms with van der Waals surface area (Å²) in [6.07, 6.45) is 9.99. The quantitative estimate of drug-likeness (QED) is 0.404. The van der Waals surface area contributed by atoms with E-state index >= 15 is 0 Å². The molecule has 1 unspecified atom stereocenters. The molecule has 0 spiro atoms. The maximum atomic E-state index is 13.3. The van der Waals surface area contributed by atoms with Gasteiger partial charge >= 0.3 is 6.18 Å². The number of carbonyl (C=O) groups excluding carboxylic acids is 1. The van der Waals surface area contributed by atoms with Crippen LogP contribution in [0.25, 0.3) is 11.3 Å². The monoisotopic (exact) mass is 594 g/mol. The van der Waals surface area contributed by atoms with Gasteiger partial charge in [-0.25, -0.2) is 4.98 Å². The van der Waals surface area contributed by atoms with E-state index in [2.05, 4.69) is 19.9 Å². The van der Waals surface area contributed by atoms with Crippen LogP contribution >= 0.6 is 0 Å². The molecule has 0 radical (unpaired) electrons. The van der Waals surface area contributed by atoms with Gasteiger partial charge in [-0.3, -0.25) is 19.7 Å². The van der Waals surface area contributed by atoms with Crippen LogP contribution in [-0.4, -0.2) is 62.0 Å². The molecule has 2 saturated heterocycles. The fraction of sp³-hybridized carbons (Fsp3) is 0.531. The number of amides is 1. The number of pyridine rings is 2. The summed E-state index contributed by atoms with van der Waals surface area (Å²) in [5, 5.41) is 11.4. The Labute approximate surface area is 249 Å². The topological polar surface area (TPSA) is 95.3 Å². The summed E-state index contributed by atoms with van der Waals surface area (Å²) in [7, 11) is 0. The summed E-state index contributed by atoms with van der Waals surface area (Å²) in [5.41, 5.74) is 0.692. The lowest BCUT2D eigenvalue weighted by atomic mass is 9.74. The molecule has 2 aliphatic heterocycles. The van der Waals surface area contributed by atoms with Gasteiger partial charge in [0.1, 0.15) is 11.4 Å². The molecule has 1 saturated carbocycles. The van der Waals surface area contributed by atoms with Gasteiger partial charge in [0.15, 0.2) is 0 Å². The van der Waals surface area contributed by atoms with Crippen LogP contribution in [0, 0.1) is 17.8 Å². The van der Waals surface area contributed by atoms with Gasteiger partial charge in [0.2, 0.25) is 5.91 Å². The highest BCUT2D eigenvalue weighted by atomic mass is 19.4. The van der Waals surface area contributed by atoms with E-state index in [-0.39, 0.29) is 11.8 Å². The summed E-state index contributed by atoms with van der Waals surface area (Å²) >= 11 is 0. The number of piperidine rings is 1. The SMILES string of the molecule is O=C(C1CCN(c2cc(C(F)(F)F)ccn2)CC1)N1CCC(CC2CCC(O)(c3ccc(-c4cnccn4)cn3)CC2)C1. The van der Waals surface area contributed by atoms with Crippen molar-refractivity contribution in [3.8, 4) is 11.3 Å². The number of aliphatic hydroxyl groups is 1. The van der Waals surface area contributed by atoms with Gasteiger partial charge in [0, 0.05) is 62.4 Å².